The Morgan fingerprint density at radius 2 is 1.76 bits per heavy atom. The topological polar surface area (TPSA) is 57.1 Å². The molecule has 0 saturated heterocycles. The fraction of sp³-hybridized carbons (Fsp3) is 0.111. The summed E-state index contributed by atoms with van der Waals surface area (Å²) in [6.45, 7) is 0. The maximum Gasteiger partial charge on any atom is 0.363 e. The Bertz CT molecular complexity index is 906. The predicted octanol–water partition coefficient (Wildman–Crippen LogP) is 3.33. The maximum absolute atomic E-state index is 13.3. The molecule has 0 amide bonds. The Kier molecular flexibility index (Phi) is 4.47. The first-order chi connectivity index (χ1) is 12.0. The van der Waals surface area contributed by atoms with Gasteiger partial charge in [-0.15, -0.1) is 0 Å². The van der Waals surface area contributed by atoms with Crippen LogP contribution in [-0.2, 0) is 9.53 Å². The molecule has 1 aliphatic rings. The first kappa shape index (κ1) is 16.6. The van der Waals surface area contributed by atoms with Gasteiger partial charge < -0.3 is 14.2 Å². The minimum Gasteiger partial charge on any atom is -0.493 e. The highest BCUT2D eigenvalue weighted by atomic mass is 19.2. The second kappa shape index (κ2) is 6.72. The summed E-state index contributed by atoms with van der Waals surface area (Å²) in [4.78, 5) is 16.1. The van der Waals surface area contributed by atoms with Crippen molar-refractivity contribution in [3.8, 4) is 11.5 Å². The molecule has 2 aromatic rings. The van der Waals surface area contributed by atoms with Crippen molar-refractivity contribution in [3.05, 3.63) is 64.9 Å². The minimum absolute atomic E-state index is 0.0178. The van der Waals surface area contributed by atoms with Gasteiger partial charge in [-0.1, -0.05) is 6.07 Å². The van der Waals surface area contributed by atoms with E-state index in [4.69, 9.17) is 14.2 Å². The number of esters is 1. The lowest BCUT2D eigenvalue weighted by molar-refractivity contribution is -0.129. The van der Waals surface area contributed by atoms with Gasteiger partial charge in [0.15, 0.2) is 28.8 Å². The first-order valence-electron chi connectivity index (χ1n) is 7.22. The molecule has 0 N–H and O–H groups in total. The number of hydrogen-bond donors (Lipinski definition) is 0. The van der Waals surface area contributed by atoms with Gasteiger partial charge in [0.2, 0.25) is 5.90 Å². The highest BCUT2D eigenvalue weighted by Crippen LogP contribution is 2.29. The molecule has 5 nitrogen and oxygen atoms in total. The van der Waals surface area contributed by atoms with Crippen LogP contribution in [-0.4, -0.2) is 26.1 Å². The fourth-order valence-corrected chi connectivity index (χ4v) is 2.26. The average Bonchev–Trinajstić information content (AvgIpc) is 2.98. The Balaban J connectivity index is 1.94. The van der Waals surface area contributed by atoms with Gasteiger partial charge in [-0.2, -0.15) is 0 Å². The van der Waals surface area contributed by atoms with Gasteiger partial charge in [0, 0.05) is 5.56 Å². The van der Waals surface area contributed by atoms with E-state index in [0.29, 0.717) is 22.6 Å². The molecule has 0 bridgehead atoms. The van der Waals surface area contributed by atoms with E-state index >= 15 is 0 Å². The molecule has 0 spiro atoms. The third kappa shape index (κ3) is 3.35. The summed E-state index contributed by atoms with van der Waals surface area (Å²) in [5, 5.41) is 0. The minimum atomic E-state index is -1.01. The molecule has 128 valence electrons. The van der Waals surface area contributed by atoms with Crippen LogP contribution in [0.5, 0.6) is 11.5 Å². The Morgan fingerprint density at radius 3 is 2.44 bits per heavy atom. The lowest BCUT2D eigenvalue weighted by Crippen LogP contribution is -2.06. The van der Waals surface area contributed by atoms with Crippen LogP contribution in [0.25, 0.3) is 6.08 Å². The zero-order chi connectivity index (χ0) is 18.0. The second-order valence-electron chi connectivity index (χ2n) is 5.08. The van der Waals surface area contributed by atoms with E-state index in [2.05, 4.69) is 4.99 Å². The van der Waals surface area contributed by atoms with E-state index in [1.54, 1.807) is 18.2 Å². The number of cyclic esters (lactones) is 1. The lowest BCUT2D eigenvalue weighted by Gasteiger charge is -2.08. The lowest BCUT2D eigenvalue weighted by atomic mass is 10.2. The Hall–Kier alpha value is -3.22. The van der Waals surface area contributed by atoms with Crippen LogP contribution in [0.2, 0.25) is 0 Å². The summed E-state index contributed by atoms with van der Waals surface area (Å²) in [6, 6.07) is 8.21. The van der Waals surface area contributed by atoms with Crippen LogP contribution in [0, 0.1) is 11.6 Å². The van der Waals surface area contributed by atoms with E-state index < -0.39 is 17.6 Å². The number of aliphatic imine (C=N–C) groups is 1. The number of methoxy groups -OCH3 is 2. The van der Waals surface area contributed by atoms with Crippen molar-refractivity contribution in [2.24, 2.45) is 4.99 Å². The quantitative estimate of drug-likeness (QED) is 0.630. The van der Waals surface area contributed by atoms with Crippen LogP contribution in [0.4, 0.5) is 8.78 Å². The molecule has 3 rings (SSSR count). The van der Waals surface area contributed by atoms with Crippen molar-refractivity contribution in [1.29, 1.82) is 0 Å². The molecule has 0 fully saturated rings. The van der Waals surface area contributed by atoms with Gasteiger partial charge in [0.25, 0.3) is 0 Å². The summed E-state index contributed by atoms with van der Waals surface area (Å²) in [5.74, 6) is -1.60. The van der Waals surface area contributed by atoms with Crippen molar-refractivity contribution >= 4 is 17.9 Å². The third-order valence-electron chi connectivity index (χ3n) is 3.50. The van der Waals surface area contributed by atoms with E-state index in [9.17, 15) is 13.6 Å². The first-order valence-corrected chi connectivity index (χ1v) is 7.22. The van der Waals surface area contributed by atoms with E-state index in [0.717, 1.165) is 12.1 Å². The van der Waals surface area contributed by atoms with E-state index in [1.165, 1.54) is 26.4 Å². The molecule has 0 aromatic heterocycles. The molecule has 0 radical (unpaired) electrons. The fourth-order valence-electron chi connectivity index (χ4n) is 2.26. The third-order valence-corrected chi connectivity index (χ3v) is 3.50. The monoisotopic (exact) mass is 345 g/mol. The Morgan fingerprint density at radius 1 is 1.00 bits per heavy atom. The van der Waals surface area contributed by atoms with Gasteiger partial charge in [0.1, 0.15) is 0 Å². The molecule has 1 heterocycles. The van der Waals surface area contributed by atoms with Crippen LogP contribution in [0.15, 0.2) is 47.1 Å². The van der Waals surface area contributed by atoms with Crippen LogP contribution < -0.4 is 9.47 Å². The van der Waals surface area contributed by atoms with Gasteiger partial charge in [-0.05, 0) is 42.0 Å². The van der Waals surface area contributed by atoms with Gasteiger partial charge in [0.05, 0.1) is 14.2 Å². The number of halogens is 2. The summed E-state index contributed by atoms with van der Waals surface area (Å²) >= 11 is 0. The molecule has 1 aliphatic heterocycles. The van der Waals surface area contributed by atoms with Gasteiger partial charge in [-0.3, -0.25) is 0 Å². The maximum atomic E-state index is 13.3. The second-order valence-corrected chi connectivity index (χ2v) is 5.08. The highest BCUT2D eigenvalue weighted by molar-refractivity contribution is 6.13. The molecule has 0 unspecified atom stereocenters. The number of nitrogens with zero attached hydrogens (tertiary/aromatic N) is 1. The number of rotatable bonds is 4. The van der Waals surface area contributed by atoms with Crippen molar-refractivity contribution in [3.63, 3.8) is 0 Å². The van der Waals surface area contributed by atoms with Crippen molar-refractivity contribution in [2.45, 2.75) is 0 Å². The van der Waals surface area contributed by atoms with Gasteiger partial charge in [-0.25, -0.2) is 18.6 Å². The zero-order valence-electron chi connectivity index (χ0n) is 13.4. The number of carbonyl (C=O) groups excluding carboxylic acids is 1. The SMILES string of the molecule is COc1ccc(C2=N/C(=C\c3ccc(F)c(F)c3)C(=O)O2)cc1OC. The number of hydrogen-bond acceptors (Lipinski definition) is 5. The van der Waals surface area contributed by atoms with Crippen molar-refractivity contribution in [2.75, 3.05) is 14.2 Å². The molecule has 0 saturated carbocycles. The molecule has 0 aliphatic carbocycles. The molecular weight excluding hydrogens is 332 g/mol. The summed E-state index contributed by atoms with van der Waals surface area (Å²) < 4.78 is 41.7. The Labute approximate surface area is 142 Å². The van der Waals surface area contributed by atoms with Gasteiger partial charge >= 0.3 is 5.97 Å². The van der Waals surface area contributed by atoms with Crippen LogP contribution >= 0.6 is 0 Å². The molecule has 2 aromatic carbocycles. The predicted molar refractivity (Wildman–Crippen MR) is 86.5 cm³/mol. The van der Waals surface area contributed by atoms with E-state index in [1.807, 2.05) is 0 Å². The molecule has 7 heteroatoms. The van der Waals surface area contributed by atoms with Crippen molar-refractivity contribution < 1.29 is 27.8 Å². The molecule has 25 heavy (non-hydrogen) atoms. The van der Waals surface area contributed by atoms with Crippen molar-refractivity contribution in [1.82, 2.24) is 0 Å². The van der Waals surface area contributed by atoms with E-state index in [-0.39, 0.29) is 11.6 Å². The highest BCUT2D eigenvalue weighted by Gasteiger charge is 2.25. The number of benzene rings is 2. The van der Waals surface area contributed by atoms with Crippen LogP contribution in [0.1, 0.15) is 11.1 Å². The summed E-state index contributed by atoms with van der Waals surface area (Å²) in [7, 11) is 2.99. The largest absolute Gasteiger partial charge is 0.493 e. The number of carbonyl (C=O) groups is 1. The summed E-state index contributed by atoms with van der Waals surface area (Å²) in [5.41, 5.74) is 0.790. The van der Waals surface area contributed by atoms with Crippen LogP contribution in [0.3, 0.4) is 0 Å². The zero-order valence-corrected chi connectivity index (χ0v) is 13.4. The standard InChI is InChI=1S/C18H13F2NO4/c1-23-15-6-4-11(9-16(15)24-2)17-21-14(18(22)25-17)8-10-3-5-12(19)13(20)7-10/h3-9H,1-2H3/b14-8-. The number of ether oxygens (including phenoxy) is 3. The normalized spacial score (nSPS) is 15.1. The summed E-state index contributed by atoms with van der Waals surface area (Å²) in [6.07, 6.45) is 1.32. The molecular formula is C18H13F2NO4. The smallest absolute Gasteiger partial charge is 0.363 e. The average molecular weight is 345 g/mol. The molecule has 0 atom stereocenters.